The van der Waals surface area contributed by atoms with Gasteiger partial charge in [-0.2, -0.15) is 0 Å². The smallest absolute Gasteiger partial charge is 0.232 e. The molecule has 1 saturated heterocycles. The molecule has 1 amide bonds. The van der Waals surface area contributed by atoms with E-state index in [1.807, 2.05) is 12.1 Å². The maximum Gasteiger partial charge on any atom is 0.232 e. The van der Waals surface area contributed by atoms with Gasteiger partial charge in [0.1, 0.15) is 0 Å². The number of nitrogens with one attached hydrogen (secondary N) is 1. The number of benzene rings is 1. The normalized spacial score (nSPS) is 30.1. The van der Waals surface area contributed by atoms with E-state index in [2.05, 4.69) is 22.3 Å². The zero-order valence-corrected chi connectivity index (χ0v) is 11.9. The van der Waals surface area contributed by atoms with Crippen molar-refractivity contribution in [1.82, 2.24) is 4.90 Å². The summed E-state index contributed by atoms with van der Waals surface area (Å²) in [4.78, 5) is 15.2. The molecule has 1 aromatic carbocycles. The molecular weight excluding hydrogens is 248 g/mol. The second-order valence-electron chi connectivity index (χ2n) is 6.85. The first-order valence-corrected chi connectivity index (χ1v) is 7.87. The van der Waals surface area contributed by atoms with E-state index in [0.717, 1.165) is 37.4 Å². The Bertz CT molecular complexity index is 538. The Balaban J connectivity index is 1.58. The van der Waals surface area contributed by atoms with Crippen molar-refractivity contribution in [2.24, 2.45) is 11.3 Å². The number of likely N-dealkylation sites (tertiary alicyclic amines) is 1. The van der Waals surface area contributed by atoms with Gasteiger partial charge in [0.2, 0.25) is 5.91 Å². The minimum Gasteiger partial charge on any atom is -0.325 e. The lowest BCUT2D eigenvalue weighted by molar-refractivity contribution is -0.129. The van der Waals surface area contributed by atoms with Crippen molar-refractivity contribution in [2.75, 3.05) is 25.0 Å². The molecular formula is C17H22N2O. The topological polar surface area (TPSA) is 32.3 Å². The van der Waals surface area contributed by atoms with E-state index < -0.39 is 0 Å². The Kier molecular flexibility index (Phi) is 2.84. The summed E-state index contributed by atoms with van der Waals surface area (Å²) in [7, 11) is 0. The lowest BCUT2D eigenvalue weighted by Crippen LogP contribution is -2.53. The first kappa shape index (κ1) is 12.4. The van der Waals surface area contributed by atoms with Crippen molar-refractivity contribution in [3.8, 4) is 0 Å². The molecule has 3 nitrogen and oxygen atoms in total. The molecule has 1 aromatic rings. The average Bonchev–Trinajstić information content (AvgIpc) is 3.24. The van der Waals surface area contributed by atoms with E-state index in [1.54, 1.807) is 0 Å². The monoisotopic (exact) mass is 270 g/mol. The summed E-state index contributed by atoms with van der Waals surface area (Å²) in [6.07, 6.45) is 5.88. The fourth-order valence-electron chi connectivity index (χ4n) is 3.87. The summed E-state index contributed by atoms with van der Waals surface area (Å²) in [6, 6.07) is 8.26. The van der Waals surface area contributed by atoms with Gasteiger partial charge in [-0.25, -0.2) is 0 Å². The molecule has 1 atom stereocenters. The fraction of sp³-hybridized carbons (Fsp3) is 0.588. The summed E-state index contributed by atoms with van der Waals surface area (Å²) in [5, 5.41) is 3.14. The van der Waals surface area contributed by atoms with E-state index in [4.69, 9.17) is 0 Å². The van der Waals surface area contributed by atoms with E-state index in [0.29, 0.717) is 0 Å². The van der Waals surface area contributed by atoms with Crippen LogP contribution in [0.4, 0.5) is 5.69 Å². The molecule has 0 radical (unpaired) electrons. The second-order valence-corrected chi connectivity index (χ2v) is 6.85. The molecule has 1 spiro atoms. The highest BCUT2D eigenvalue weighted by Gasteiger charge is 2.45. The summed E-state index contributed by atoms with van der Waals surface area (Å²) < 4.78 is 0. The SMILES string of the molecule is O=C1Nc2ccccc2CC12CCCN(CC1CC1)C2. The lowest BCUT2D eigenvalue weighted by Gasteiger charge is -2.44. The number of fused-ring (bicyclic) bond motifs is 1. The average molecular weight is 270 g/mol. The minimum absolute atomic E-state index is 0.179. The third-order valence-corrected chi connectivity index (χ3v) is 5.15. The predicted octanol–water partition coefficient (Wildman–Crippen LogP) is 2.67. The van der Waals surface area contributed by atoms with Crippen molar-refractivity contribution in [2.45, 2.75) is 32.1 Å². The Hall–Kier alpha value is -1.35. The summed E-state index contributed by atoms with van der Waals surface area (Å²) in [5.41, 5.74) is 2.14. The fourth-order valence-corrected chi connectivity index (χ4v) is 3.87. The molecule has 0 aromatic heterocycles. The van der Waals surface area contributed by atoms with Gasteiger partial charge in [0.15, 0.2) is 0 Å². The number of piperidine rings is 1. The van der Waals surface area contributed by atoms with Crippen LogP contribution in [0.15, 0.2) is 24.3 Å². The van der Waals surface area contributed by atoms with Gasteiger partial charge < -0.3 is 10.2 Å². The van der Waals surface area contributed by atoms with Gasteiger partial charge in [0.25, 0.3) is 0 Å². The number of rotatable bonds is 2. The number of para-hydroxylation sites is 1. The molecule has 1 unspecified atom stereocenters. The van der Waals surface area contributed by atoms with Gasteiger partial charge in [-0.05, 0) is 56.2 Å². The Morgan fingerprint density at radius 3 is 3.00 bits per heavy atom. The highest BCUT2D eigenvalue weighted by Crippen LogP contribution is 2.41. The van der Waals surface area contributed by atoms with Gasteiger partial charge >= 0.3 is 0 Å². The quantitative estimate of drug-likeness (QED) is 0.896. The maximum absolute atomic E-state index is 12.6. The van der Waals surface area contributed by atoms with Crippen molar-refractivity contribution in [3.63, 3.8) is 0 Å². The minimum atomic E-state index is -0.179. The van der Waals surface area contributed by atoms with Crippen LogP contribution in [0.1, 0.15) is 31.2 Å². The summed E-state index contributed by atoms with van der Waals surface area (Å²) in [5.74, 6) is 1.15. The number of hydrogen-bond donors (Lipinski definition) is 1. The van der Waals surface area contributed by atoms with Crippen molar-refractivity contribution < 1.29 is 4.79 Å². The first-order valence-electron chi connectivity index (χ1n) is 7.87. The molecule has 1 N–H and O–H groups in total. The molecule has 106 valence electrons. The van der Waals surface area contributed by atoms with Crippen molar-refractivity contribution in [3.05, 3.63) is 29.8 Å². The number of amides is 1. The predicted molar refractivity (Wildman–Crippen MR) is 79.6 cm³/mol. The molecule has 3 aliphatic rings. The zero-order valence-electron chi connectivity index (χ0n) is 11.9. The van der Waals surface area contributed by atoms with E-state index in [1.165, 1.54) is 31.5 Å². The number of hydrogen-bond acceptors (Lipinski definition) is 2. The maximum atomic E-state index is 12.6. The molecule has 0 bridgehead atoms. The van der Waals surface area contributed by atoms with Crippen LogP contribution in [0.5, 0.6) is 0 Å². The van der Waals surface area contributed by atoms with E-state index in [-0.39, 0.29) is 11.3 Å². The molecule has 2 aliphatic heterocycles. The van der Waals surface area contributed by atoms with E-state index in [9.17, 15) is 4.79 Å². The molecule has 1 aliphatic carbocycles. The molecule has 4 rings (SSSR count). The molecule has 1 saturated carbocycles. The number of anilines is 1. The molecule has 20 heavy (non-hydrogen) atoms. The molecule has 2 heterocycles. The van der Waals surface area contributed by atoms with Gasteiger partial charge in [-0.3, -0.25) is 4.79 Å². The summed E-state index contributed by atoms with van der Waals surface area (Å²) in [6.45, 7) is 3.33. The number of carbonyl (C=O) groups is 1. The summed E-state index contributed by atoms with van der Waals surface area (Å²) >= 11 is 0. The lowest BCUT2D eigenvalue weighted by atomic mass is 9.72. The van der Waals surface area contributed by atoms with Crippen LogP contribution >= 0.6 is 0 Å². The third-order valence-electron chi connectivity index (χ3n) is 5.15. The molecule has 3 heteroatoms. The highest BCUT2D eigenvalue weighted by atomic mass is 16.2. The van der Waals surface area contributed by atoms with Crippen molar-refractivity contribution in [1.29, 1.82) is 0 Å². The van der Waals surface area contributed by atoms with Gasteiger partial charge in [0, 0.05) is 18.8 Å². The van der Waals surface area contributed by atoms with Crippen LogP contribution in [0.25, 0.3) is 0 Å². The standard InChI is InChI=1S/C17H22N2O/c20-16-17(10-14-4-1-2-5-15(14)18-16)8-3-9-19(12-17)11-13-6-7-13/h1-2,4-5,13H,3,6-12H2,(H,18,20). The number of nitrogens with zero attached hydrogens (tertiary/aromatic N) is 1. The third kappa shape index (κ3) is 2.14. The Labute approximate surface area is 120 Å². The Morgan fingerprint density at radius 2 is 2.15 bits per heavy atom. The van der Waals surface area contributed by atoms with Crippen LogP contribution in [-0.4, -0.2) is 30.4 Å². The second kappa shape index (κ2) is 4.59. The highest BCUT2D eigenvalue weighted by molar-refractivity contribution is 5.98. The first-order chi connectivity index (χ1) is 9.75. The largest absolute Gasteiger partial charge is 0.325 e. The van der Waals surface area contributed by atoms with Crippen molar-refractivity contribution >= 4 is 11.6 Å². The van der Waals surface area contributed by atoms with Crippen LogP contribution in [0.2, 0.25) is 0 Å². The van der Waals surface area contributed by atoms with Gasteiger partial charge in [-0.15, -0.1) is 0 Å². The van der Waals surface area contributed by atoms with Crippen LogP contribution in [-0.2, 0) is 11.2 Å². The van der Waals surface area contributed by atoms with E-state index >= 15 is 0 Å². The Morgan fingerprint density at radius 1 is 1.30 bits per heavy atom. The van der Waals surface area contributed by atoms with Gasteiger partial charge in [-0.1, -0.05) is 18.2 Å². The van der Waals surface area contributed by atoms with Gasteiger partial charge in [0.05, 0.1) is 5.41 Å². The zero-order chi connectivity index (χ0) is 13.6. The number of carbonyl (C=O) groups excluding carboxylic acids is 1. The van der Waals surface area contributed by atoms with Crippen LogP contribution in [0.3, 0.4) is 0 Å². The molecule has 2 fully saturated rings. The van der Waals surface area contributed by atoms with Crippen LogP contribution < -0.4 is 5.32 Å². The van der Waals surface area contributed by atoms with Crippen LogP contribution in [0, 0.1) is 11.3 Å².